The quantitative estimate of drug-likeness (QED) is 0.463. The smallest absolute Gasteiger partial charge is 0.369 e. The third-order valence-electron chi connectivity index (χ3n) is 3.63. The van der Waals surface area contributed by atoms with Gasteiger partial charge in [-0.2, -0.15) is 0 Å². The molecule has 1 aromatic carbocycles. The van der Waals surface area contributed by atoms with Crippen molar-refractivity contribution in [3.05, 3.63) is 36.4 Å². The maximum Gasteiger partial charge on any atom is 0.369 e. The number of allylic oxidation sites excluding steroid dienone is 1. The van der Waals surface area contributed by atoms with Crippen molar-refractivity contribution >= 4 is 19.3 Å². The summed E-state index contributed by atoms with van der Waals surface area (Å²) in [5.74, 6) is 0. The van der Waals surface area contributed by atoms with E-state index in [1.165, 1.54) is 10.8 Å². The molecule has 118 valence electrons. The van der Waals surface area contributed by atoms with Crippen LogP contribution < -0.4 is 5.19 Å². The molecule has 0 aliphatic carbocycles. The summed E-state index contributed by atoms with van der Waals surface area (Å²) in [7, 11) is -2.37. The Morgan fingerprint density at radius 3 is 2.05 bits per heavy atom. The Labute approximate surface area is 131 Å². The van der Waals surface area contributed by atoms with Crippen LogP contribution in [-0.2, 0) is 8.85 Å². The van der Waals surface area contributed by atoms with Crippen molar-refractivity contribution in [3.63, 3.8) is 0 Å². The van der Waals surface area contributed by atoms with Crippen LogP contribution in [0.5, 0.6) is 0 Å². The molecule has 0 saturated carbocycles. The van der Waals surface area contributed by atoms with E-state index < -0.39 is 8.56 Å². The van der Waals surface area contributed by atoms with Crippen LogP contribution in [0.2, 0.25) is 6.55 Å². The molecule has 1 rings (SSSR count). The second-order valence-corrected chi connectivity index (χ2v) is 8.68. The zero-order valence-corrected chi connectivity index (χ0v) is 15.1. The Morgan fingerprint density at radius 1 is 1.05 bits per heavy atom. The minimum atomic E-state index is -2.37. The van der Waals surface area contributed by atoms with E-state index in [9.17, 15) is 0 Å². The molecule has 0 heterocycles. The van der Waals surface area contributed by atoms with E-state index in [2.05, 4.69) is 51.2 Å². The summed E-state index contributed by atoms with van der Waals surface area (Å²) in [5.41, 5.74) is 2.25. The molecule has 3 heteroatoms. The Bertz CT molecular complexity index is 433. The van der Waals surface area contributed by atoms with Crippen molar-refractivity contribution in [2.45, 2.75) is 53.0 Å². The Balaban J connectivity index is 3.01. The molecule has 0 unspecified atom stereocenters. The molecule has 0 amide bonds. The first-order valence-electron chi connectivity index (χ1n) is 8.08. The molecule has 0 bridgehead atoms. The van der Waals surface area contributed by atoms with Crippen molar-refractivity contribution in [2.75, 3.05) is 13.2 Å². The van der Waals surface area contributed by atoms with Gasteiger partial charge in [0, 0.05) is 18.4 Å². The average Bonchev–Trinajstić information content (AvgIpc) is 2.48. The van der Waals surface area contributed by atoms with Gasteiger partial charge in [0.1, 0.15) is 0 Å². The topological polar surface area (TPSA) is 18.5 Å². The summed E-state index contributed by atoms with van der Waals surface area (Å²) in [5, 5.41) is 1.21. The van der Waals surface area contributed by atoms with Gasteiger partial charge in [-0.05, 0) is 31.9 Å². The van der Waals surface area contributed by atoms with E-state index in [0.29, 0.717) is 0 Å². The van der Waals surface area contributed by atoms with Gasteiger partial charge in [-0.3, -0.25) is 0 Å². The predicted octanol–water partition coefficient (Wildman–Crippen LogP) is 4.63. The second kappa shape index (κ2) is 9.18. The zero-order chi connectivity index (χ0) is 15.7. The van der Waals surface area contributed by atoms with Crippen LogP contribution in [0.25, 0.3) is 5.57 Å². The van der Waals surface area contributed by atoms with Gasteiger partial charge in [-0.25, -0.2) is 0 Å². The molecule has 0 N–H and O–H groups in total. The average molecular weight is 307 g/mol. The van der Waals surface area contributed by atoms with Crippen molar-refractivity contribution < 1.29 is 8.85 Å². The maximum atomic E-state index is 6.27. The van der Waals surface area contributed by atoms with Crippen molar-refractivity contribution in [1.82, 2.24) is 0 Å². The highest BCUT2D eigenvalue weighted by Crippen LogP contribution is 2.17. The van der Waals surface area contributed by atoms with Crippen LogP contribution in [0, 0.1) is 0 Å². The molecule has 0 aliphatic heterocycles. The standard InChI is InChI=1S/C18H30O2Si/c1-6-8-14-19-21(5,20-15-9-7-2)18-13-11-10-12-17(18)16(3)4/h10-13H,3,6-9,14-15H2,1-2,4-5H3. The highest BCUT2D eigenvalue weighted by Gasteiger charge is 2.36. The van der Waals surface area contributed by atoms with Crippen LogP contribution in [0.4, 0.5) is 0 Å². The number of hydrogen-bond donors (Lipinski definition) is 0. The van der Waals surface area contributed by atoms with Crippen LogP contribution >= 0.6 is 0 Å². The van der Waals surface area contributed by atoms with Gasteiger partial charge in [0.05, 0.1) is 0 Å². The molecular weight excluding hydrogens is 276 g/mol. The monoisotopic (exact) mass is 306 g/mol. The van der Waals surface area contributed by atoms with Gasteiger partial charge < -0.3 is 8.85 Å². The van der Waals surface area contributed by atoms with Gasteiger partial charge in [0.25, 0.3) is 0 Å². The zero-order valence-electron chi connectivity index (χ0n) is 14.1. The fourth-order valence-corrected chi connectivity index (χ4v) is 4.92. The molecule has 1 aromatic rings. The third-order valence-corrected chi connectivity index (χ3v) is 6.55. The SMILES string of the molecule is C=C(C)c1ccccc1[Si](C)(OCCCC)OCCCC. The molecule has 0 aromatic heterocycles. The van der Waals surface area contributed by atoms with Crippen molar-refractivity contribution in [1.29, 1.82) is 0 Å². The van der Waals surface area contributed by atoms with Crippen LogP contribution in [0.3, 0.4) is 0 Å². The maximum absolute atomic E-state index is 6.27. The van der Waals surface area contributed by atoms with Crippen molar-refractivity contribution in [2.24, 2.45) is 0 Å². The van der Waals surface area contributed by atoms with Crippen LogP contribution in [0.1, 0.15) is 52.0 Å². The fraction of sp³-hybridized carbons (Fsp3) is 0.556. The summed E-state index contributed by atoms with van der Waals surface area (Å²) in [6.45, 7) is 14.2. The highest BCUT2D eigenvalue weighted by molar-refractivity contribution is 6.80. The largest absolute Gasteiger partial charge is 0.391 e. The minimum Gasteiger partial charge on any atom is -0.391 e. The number of benzene rings is 1. The molecule has 21 heavy (non-hydrogen) atoms. The number of unbranched alkanes of at least 4 members (excludes halogenated alkanes) is 2. The number of rotatable bonds is 10. The first-order chi connectivity index (χ1) is 10.0. The van der Waals surface area contributed by atoms with Gasteiger partial charge in [-0.15, -0.1) is 0 Å². The van der Waals surface area contributed by atoms with Crippen molar-refractivity contribution in [3.8, 4) is 0 Å². The molecule has 0 fully saturated rings. The van der Waals surface area contributed by atoms with E-state index in [1.54, 1.807) is 0 Å². The minimum absolute atomic E-state index is 0.774. The van der Waals surface area contributed by atoms with Crippen LogP contribution in [0.15, 0.2) is 30.8 Å². The van der Waals surface area contributed by atoms with E-state index in [1.807, 2.05) is 6.92 Å². The first-order valence-corrected chi connectivity index (χ1v) is 10.4. The third kappa shape index (κ3) is 5.42. The van der Waals surface area contributed by atoms with E-state index >= 15 is 0 Å². The first kappa shape index (κ1) is 18.1. The molecule has 0 saturated heterocycles. The lowest BCUT2D eigenvalue weighted by molar-refractivity contribution is 0.181. The molecule has 2 nitrogen and oxygen atoms in total. The predicted molar refractivity (Wildman–Crippen MR) is 94.1 cm³/mol. The Hall–Kier alpha value is -0.903. The van der Waals surface area contributed by atoms with E-state index in [0.717, 1.165) is 44.5 Å². The summed E-state index contributed by atoms with van der Waals surface area (Å²) in [6, 6.07) is 8.39. The molecule has 0 radical (unpaired) electrons. The fourth-order valence-electron chi connectivity index (χ4n) is 2.27. The van der Waals surface area contributed by atoms with E-state index in [-0.39, 0.29) is 0 Å². The van der Waals surface area contributed by atoms with E-state index in [4.69, 9.17) is 8.85 Å². The summed E-state index contributed by atoms with van der Waals surface area (Å²) in [4.78, 5) is 0. The molecule has 0 aliphatic rings. The second-order valence-electron chi connectivity index (χ2n) is 5.68. The Kier molecular flexibility index (Phi) is 7.94. The summed E-state index contributed by atoms with van der Waals surface area (Å²) >= 11 is 0. The molecular formula is C18H30O2Si. The van der Waals surface area contributed by atoms with Gasteiger partial charge in [0.2, 0.25) is 0 Å². The van der Waals surface area contributed by atoms with Gasteiger partial charge in [0.15, 0.2) is 0 Å². The van der Waals surface area contributed by atoms with Gasteiger partial charge in [-0.1, -0.05) is 63.1 Å². The highest BCUT2D eigenvalue weighted by atomic mass is 28.4. The lowest BCUT2D eigenvalue weighted by atomic mass is 10.1. The lowest BCUT2D eigenvalue weighted by Gasteiger charge is -2.29. The molecule has 0 spiro atoms. The Morgan fingerprint density at radius 2 is 1.57 bits per heavy atom. The summed E-state index contributed by atoms with van der Waals surface area (Å²) < 4.78 is 12.5. The summed E-state index contributed by atoms with van der Waals surface area (Å²) in [6.07, 6.45) is 4.44. The van der Waals surface area contributed by atoms with Gasteiger partial charge >= 0.3 is 8.56 Å². The lowest BCUT2D eigenvalue weighted by Crippen LogP contribution is -2.52. The normalized spacial score (nSPS) is 11.6. The molecule has 0 atom stereocenters. The number of hydrogen-bond acceptors (Lipinski definition) is 2. The van der Waals surface area contributed by atoms with Crippen LogP contribution in [-0.4, -0.2) is 21.8 Å².